The molecule has 2 aromatic heterocycles. The van der Waals surface area contributed by atoms with Gasteiger partial charge in [0, 0.05) is 19.4 Å². The Balaban J connectivity index is 2.54. The minimum Gasteiger partial charge on any atom is -0.476 e. The summed E-state index contributed by atoms with van der Waals surface area (Å²) in [6.07, 6.45) is 3.49. The standard InChI is InChI=1S/C9H9N3O2S/c1-5-6(7-10-3-4-12(7)2)15-8(11-5)9(13)14/h3-4H,1-2H3,(H,13,14). The van der Waals surface area contributed by atoms with Gasteiger partial charge in [0.1, 0.15) is 0 Å². The largest absolute Gasteiger partial charge is 0.476 e. The lowest BCUT2D eigenvalue weighted by molar-refractivity contribution is 0.0696. The summed E-state index contributed by atoms with van der Waals surface area (Å²) < 4.78 is 1.84. The molecule has 1 N–H and O–H groups in total. The van der Waals surface area contributed by atoms with Crippen molar-refractivity contribution < 1.29 is 9.90 Å². The van der Waals surface area contributed by atoms with Crippen LogP contribution in [0.1, 0.15) is 15.5 Å². The Morgan fingerprint density at radius 3 is 2.80 bits per heavy atom. The highest BCUT2D eigenvalue weighted by molar-refractivity contribution is 7.17. The van der Waals surface area contributed by atoms with Gasteiger partial charge in [-0.1, -0.05) is 0 Å². The molecule has 0 aliphatic heterocycles. The van der Waals surface area contributed by atoms with Crippen LogP contribution < -0.4 is 0 Å². The first kappa shape index (κ1) is 9.85. The Labute approximate surface area is 90.0 Å². The summed E-state index contributed by atoms with van der Waals surface area (Å²) in [6.45, 7) is 1.78. The summed E-state index contributed by atoms with van der Waals surface area (Å²) in [5.41, 5.74) is 0.701. The van der Waals surface area contributed by atoms with E-state index in [1.54, 1.807) is 13.1 Å². The van der Waals surface area contributed by atoms with Crippen LogP contribution in [0.4, 0.5) is 0 Å². The van der Waals surface area contributed by atoms with Gasteiger partial charge in [0.2, 0.25) is 5.01 Å². The van der Waals surface area contributed by atoms with Crippen LogP contribution in [0.15, 0.2) is 12.4 Å². The fraction of sp³-hybridized carbons (Fsp3) is 0.222. The molecule has 2 aromatic rings. The van der Waals surface area contributed by atoms with Crippen LogP contribution >= 0.6 is 11.3 Å². The number of rotatable bonds is 2. The van der Waals surface area contributed by atoms with Crippen LogP contribution in [0, 0.1) is 6.92 Å². The van der Waals surface area contributed by atoms with E-state index in [2.05, 4.69) is 9.97 Å². The molecule has 0 atom stereocenters. The van der Waals surface area contributed by atoms with Crippen LogP contribution in [-0.4, -0.2) is 25.6 Å². The quantitative estimate of drug-likeness (QED) is 0.838. The number of hydrogen-bond acceptors (Lipinski definition) is 4. The van der Waals surface area contributed by atoms with Crippen molar-refractivity contribution in [2.75, 3.05) is 0 Å². The van der Waals surface area contributed by atoms with Crippen molar-refractivity contribution in [1.82, 2.24) is 14.5 Å². The maximum atomic E-state index is 10.7. The smallest absolute Gasteiger partial charge is 0.365 e. The lowest BCUT2D eigenvalue weighted by Crippen LogP contribution is -1.93. The third-order valence-electron chi connectivity index (χ3n) is 2.00. The molecule has 0 aromatic carbocycles. The molecule has 0 radical (unpaired) electrons. The number of nitrogens with zero attached hydrogens (tertiary/aromatic N) is 3. The molecule has 2 rings (SSSR count). The lowest BCUT2D eigenvalue weighted by Gasteiger charge is -1.97. The van der Waals surface area contributed by atoms with Crippen molar-refractivity contribution in [1.29, 1.82) is 0 Å². The van der Waals surface area contributed by atoms with Crippen molar-refractivity contribution in [3.05, 3.63) is 23.1 Å². The van der Waals surface area contributed by atoms with Gasteiger partial charge < -0.3 is 9.67 Å². The van der Waals surface area contributed by atoms with E-state index in [-0.39, 0.29) is 5.01 Å². The van der Waals surface area contributed by atoms with E-state index in [0.29, 0.717) is 5.69 Å². The van der Waals surface area contributed by atoms with Gasteiger partial charge in [-0.2, -0.15) is 0 Å². The second-order valence-electron chi connectivity index (χ2n) is 3.10. The average molecular weight is 223 g/mol. The van der Waals surface area contributed by atoms with Crippen LogP contribution in [0.3, 0.4) is 0 Å². The van der Waals surface area contributed by atoms with Crippen LogP contribution in [-0.2, 0) is 7.05 Å². The van der Waals surface area contributed by atoms with Crippen LogP contribution in [0.5, 0.6) is 0 Å². The molecular formula is C9H9N3O2S. The third kappa shape index (κ3) is 1.63. The van der Waals surface area contributed by atoms with Crippen molar-refractivity contribution >= 4 is 17.3 Å². The summed E-state index contributed by atoms with van der Waals surface area (Å²) in [7, 11) is 1.86. The predicted octanol–water partition coefficient (Wildman–Crippen LogP) is 1.55. The van der Waals surface area contributed by atoms with Gasteiger partial charge in [-0.25, -0.2) is 14.8 Å². The molecule has 0 bridgehead atoms. The zero-order valence-electron chi connectivity index (χ0n) is 8.26. The van der Waals surface area contributed by atoms with Crippen molar-refractivity contribution in [3.8, 4) is 10.7 Å². The Bertz CT molecular complexity index is 515. The predicted molar refractivity (Wildman–Crippen MR) is 56.0 cm³/mol. The highest BCUT2D eigenvalue weighted by Gasteiger charge is 2.16. The zero-order valence-corrected chi connectivity index (χ0v) is 9.08. The average Bonchev–Trinajstić information content (AvgIpc) is 2.71. The molecular weight excluding hydrogens is 214 g/mol. The molecule has 5 nitrogen and oxygen atoms in total. The van der Waals surface area contributed by atoms with Crippen molar-refractivity contribution in [2.45, 2.75) is 6.92 Å². The molecule has 0 amide bonds. The molecule has 15 heavy (non-hydrogen) atoms. The summed E-state index contributed by atoms with van der Waals surface area (Å²) >= 11 is 1.15. The first-order valence-corrected chi connectivity index (χ1v) is 5.09. The molecule has 6 heteroatoms. The molecule has 0 unspecified atom stereocenters. The third-order valence-corrected chi connectivity index (χ3v) is 3.15. The van der Waals surface area contributed by atoms with Gasteiger partial charge in [0.15, 0.2) is 5.82 Å². The van der Waals surface area contributed by atoms with Crippen LogP contribution in [0.2, 0.25) is 0 Å². The van der Waals surface area contributed by atoms with E-state index < -0.39 is 5.97 Å². The van der Waals surface area contributed by atoms with E-state index in [4.69, 9.17) is 5.11 Å². The second-order valence-corrected chi connectivity index (χ2v) is 4.10. The maximum absolute atomic E-state index is 10.7. The van der Waals surface area contributed by atoms with E-state index in [9.17, 15) is 4.79 Å². The zero-order chi connectivity index (χ0) is 11.0. The molecule has 0 aliphatic rings. The van der Waals surface area contributed by atoms with Crippen molar-refractivity contribution in [3.63, 3.8) is 0 Å². The first-order chi connectivity index (χ1) is 7.09. The SMILES string of the molecule is Cc1nc(C(=O)O)sc1-c1nccn1C. The topological polar surface area (TPSA) is 68.0 Å². The highest BCUT2D eigenvalue weighted by atomic mass is 32.1. The number of hydrogen-bond donors (Lipinski definition) is 1. The summed E-state index contributed by atoms with van der Waals surface area (Å²) in [5.74, 6) is -0.249. The number of aromatic carboxylic acids is 1. The van der Waals surface area contributed by atoms with E-state index in [1.165, 1.54) is 0 Å². The number of carboxylic acid groups (broad SMARTS) is 1. The minimum atomic E-state index is -0.997. The fourth-order valence-electron chi connectivity index (χ4n) is 1.28. The molecule has 78 valence electrons. The Morgan fingerprint density at radius 2 is 2.33 bits per heavy atom. The highest BCUT2D eigenvalue weighted by Crippen LogP contribution is 2.28. The number of carboxylic acids is 1. The van der Waals surface area contributed by atoms with Gasteiger partial charge in [-0.15, -0.1) is 11.3 Å². The van der Waals surface area contributed by atoms with Gasteiger partial charge >= 0.3 is 5.97 Å². The normalized spacial score (nSPS) is 10.5. The molecule has 0 fully saturated rings. The van der Waals surface area contributed by atoms with E-state index in [1.807, 2.05) is 17.8 Å². The number of imidazole rings is 1. The fourth-order valence-corrected chi connectivity index (χ4v) is 2.22. The molecule has 0 saturated heterocycles. The molecule has 0 saturated carbocycles. The van der Waals surface area contributed by atoms with Gasteiger partial charge in [0.05, 0.1) is 10.6 Å². The monoisotopic (exact) mass is 223 g/mol. The summed E-state index contributed by atoms with van der Waals surface area (Å²) in [5, 5.41) is 8.91. The van der Waals surface area contributed by atoms with Gasteiger partial charge in [-0.05, 0) is 6.92 Å². The number of aryl methyl sites for hydroxylation is 2. The molecule has 2 heterocycles. The second kappa shape index (κ2) is 3.47. The Hall–Kier alpha value is -1.69. The molecule has 0 spiro atoms. The van der Waals surface area contributed by atoms with E-state index in [0.717, 1.165) is 22.0 Å². The van der Waals surface area contributed by atoms with Crippen LogP contribution in [0.25, 0.3) is 10.7 Å². The van der Waals surface area contributed by atoms with E-state index >= 15 is 0 Å². The lowest BCUT2D eigenvalue weighted by atomic mass is 10.4. The number of thiazole rings is 1. The van der Waals surface area contributed by atoms with Crippen molar-refractivity contribution in [2.24, 2.45) is 7.05 Å². The number of aromatic nitrogens is 3. The van der Waals surface area contributed by atoms with Gasteiger partial charge in [0.25, 0.3) is 0 Å². The first-order valence-electron chi connectivity index (χ1n) is 4.28. The summed E-state index contributed by atoms with van der Waals surface area (Å²) in [4.78, 5) is 19.7. The molecule has 0 aliphatic carbocycles. The minimum absolute atomic E-state index is 0.102. The maximum Gasteiger partial charge on any atom is 0.365 e. The Kier molecular flexibility index (Phi) is 2.28. The van der Waals surface area contributed by atoms with Gasteiger partial charge in [-0.3, -0.25) is 0 Å². The number of carbonyl (C=O) groups is 1. The summed E-state index contributed by atoms with van der Waals surface area (Å²) in [6, 6.07) is 0. The Morgan fingerprint density at radius 1 is 1.60 bits per heavy atom.